The van der Waals surface area contributed by atoms with Crippen LogP contribution in [0.5, 0.6) is 0 Å². The Bertz CT molecular complexity index is 1850. The van der Waals surface area contributed by atoms with Crippen LogP contribution < -0.4 is 15.9 Å². The van der Waals surface area contributed by atoms with Gasteiger partial charge in [-0.05, 0) is 48.4 Å². The largest absolute Gasteiger partial charge is 0.311 e. The molecular formula is C44H44IrNOP-2. The number of hydrogen-bond donors (Lipinski definition) is 0. The molecule has 0 saturated heterocycles. The third kappa shape index (κ3) is 8.33. The number of aryl methyl sites for hydroxylation is 1. The van der Waals surface area contributed by atoms with E-state index < -0.39 is 7.14 Å². The fourth-order valence-electron chi connectivity index (χ4n) is 6.82. The van der Waals surface area contributed by atoms with Crippen molar-refractivity contribution in [1.82, 2.24) is 4.98 Å². The zero-order chi connectivity index (χ0) is 32.6. The second-order valence-corrected chi connectivity index (χ2v) is 15.9. The first kappa shape index (κ1) is 35.7. The van der Waals surface area contributed by atoms with Crippen molar-refractivity contribution in [3.63, 3.8) is 0 Å². The summed E-state index contributed by atoms with van der Waals surface area (Å²) in [5.74, 6) is 1.36. The number of hydrogen-bond acceptors (Lipinski definition) is 2. The van der Waals surface area contributed by atoms with Gasteiger partial charge in [-0.25, -0.2) is 0 Å². The van der Waals surface area contributed by atoms with Gasteiger partial charge in [-0.3, -0.25) is 4.98 Å². The van der Waals surface area contributed by atoms with Gasteiger partial charge in [0.2, 0.25) is 0 Å². The van der Waals surface area contributed by atoms with Crippen molar-refractivity contribution in [3.05, 3.63) is 156 Å². The van der Waals surface area contributed by atoms with Gasteiger partial charge in [0.1, 0.15) is 7.14 Å². The quantitative estimate of drug-likeness (QED) is 0.119. The van der Waals surface area contributed by atoms with Crippen LogP contribution in [-0.4, -0.2) is 4.98 Å². The summed E-state index contributed by atoms with van der Waals surface area (Å²) in [5.41, 5.74) is 7.40. The molecule has 2 nitrogen and oxygen atoms in total. The van der Waals surface area contributed by atoms with Crippen LogP contribution in [0.2, 0.25) is 0 Å². The smallest absolute Gasteiger partial charge is 0.147 e. The van der Waals surface area contributed by atoms with Crippen molar-refractivity contribution < 1.29 is 24.7 Å². The topological polar surface area (TPSA) is 30.0 Å². The molecule has 1 aliphatic rings. The van der Waals surface area contributed by atoms with Crippen molar-refractivity contribution in [1.29, 1.82) is 0 Å². The third-order valence-electron chi connectivity index (χ3n) is 9.10. The molecular weight excluding hydrogens is 782 g/mol. The number of fused-ring (bicyclic) bond motifs is 1. The Morgan fingerprint density at radius 3 is 2.06 bits per heavy atom. The summed E-state index contributed by atoms with van der Waals surface area (Å²) in [7, 11) is -2.83. The molecule has 1 heterocycles. The zero-order valence-corrected chi connectivity index (χ0v) is 31.4. The molecule has 7 rings (SSSR count). The van der Waals surface area contributed by atoms with E-state index in [9.17, 15) is 4.57 Å². The number of aromatic nitrogens is 1. The molecule has 6 aromatic rings. The predicted molar refractivity (Wildman–Crippen MR) is 200 cm³/mol. The van der Waals surface area contributed by atoms with E-state index >= 15 is 0 Å². The zero-order valence-electron chi connectivity index (χ0n) is 28.2. The first-order valence-corrected chi connectivity index (χ1v) is 18.7. The minimum atomic E-state index is -2.83. The van der Waals surface area contributed by atoms with E-state index in [-0.39, 0.29) is 20.1 Å². The maximum atomic E-state index is 13.8. The van der Waals surface area contributed by atoms with Crippen LogP contribution in [-0.2, 0) is 31.1 Å². The molecule has 0 bridgehead atoms. The molecule has 1 fully saturated rings. The SMILES string of the molecule is Cc1[c-]c(-c2ccc3c(CC(C)C)cccc3n2)cc(C2CCCCC2)c1.O=P(c1[c-]cccc1)(c1ccccc1)c1ccccc1.[Ir]. The molecule has 247 valence electrons. The van der Waals surface area contributed by atoms with Gasteiger partial charge in [0.15, 0.2) is 0 Å². The number of pyridine rings is 1. The van der Waals surface area contributed by atoms with Crippen molar-refractivity contribution in [2.45, 2.75) is 65.2 Å². The summed E-state index contributed by atoms with van der Waals surface area (Å²) in [6, 6.07) is 49.1. The Balaban J connectivity index is 0.000000192. The van der Waals surface area contributed by atoms with Gasteiger partial charge in [0.05, 0.1) is 5.52 Å². The Hall–Kier alpha value is -3.61. The van der Waals surface area contributed by atoms with E-state index in [0.717, 1.165) is 39.1 Å². The minimum absolute atomic E-state index is 0. The molecule has 5 aromatic carbocycles. The van der Waals surface area contributed by atoms with Crippen LogP contribution >= 0.6 is 7.14 Å². The third-order valence-corrected chi connectivity index (χ3v) is 12.1. The van der Waals surface area contributed by atoms with Gasteiger partial charge >= 0.3 is 0 Å². The summed E-state index contributed by atoms with van der Waals surface area (Å²) < 4.78 is 13.8. The van der Waals surface area contributed by atoms with Crippen molar-refractivity contribution in [3.8, 4) is 11.3 Å². The van der Waals surface area contributed by atoms with Gasteiger partial charge < -0.3 is 4.57 Å². The molecule has 0 amide bonds. The van der Waals surface area contributed by atoms with Crippen LogP contribution in [0.25, 0.3) is 22.2 Å². The summed E-state index contributed by atoms with van der Waals surface area (Å²) >= 11 is 0. The predicted octanol–water partition coefficient (Wildman–Crippen LogP) is 10.4. The van der Waals surface area contributed by atoms with E-state index in [2.05, 4.69) is 75.4 Å². The number of rotatable bonds is 7. The Labute approximate surface area is 300 Å². The molecule has 0 N–H and O–H groups in total. The van der Waals surface area contributed by atoms with Crippen molar-refractivity contribution in [2.75, 3.05) is 0 Å². The average molecular weight is 826 g/mol. The van der Waals surface area contributed by atoms with Gasteiger partial charge in [-0.2, -0.15) is 30.3 Å². The molecule has 4 heteroatoms. The molecule has 0 atom stereocenters. The van der Waals surface area contributed by atoms with E-state index in [1.54, 1.807) is 0 Å². The molecule has 1 saturated carbocycles. The van der Waals surface area contributed by atoms with Gasteiger partial charge in [-0.1, -0.05) is 130 Å². The monoisotopic (exact) mass is 826 g/mol. The maximum absolute atomic E-state index is 13.8. The second kappa shape index (κ2) is 16.7. The van der Waals surface area contributed by atoms with E-state index in [0.29, 0.717) is 11.8 Å². The summed E-state index contributed by atoms with van der Waals surface area (Å²) in [4.78, 5) is 5.01. The first-order chi connectivity index (χ1) is 22.9. The van der Waals surface area contributed by atoms with E-state index in [1.807, 2.05) is 84.9 Å². The average Bonchev–Trinajstić information content (AvgIpc) is 3.12. The number of benzene rings is 5. The molecule has 48 heavy (non-hydrogen) atoms. The maximum Gasteiger partial charge on any atom is 0.147 e. The van der Waals surface area contributed by atoms with Crippen LogP contribution in [0, 0.1) is 25.0 Å². The van der Waals surface area contributed by atoms with Crippen molar-refractivity contribution >= 4 is 34.0 Å². The standard InChI is InChI=1S/C26H30N.C18H14OP.Ir/c1-18(2)14-21-10-7-11-26-24(21)12-13-25(27-26)23-16-19(3)15-22(17-23)20-8-5-4-6-9-20;19-20(16-10-4-1-5-11-16,17-12-6-2-7-13-17)18-14-8-3-9-15-18;/h7,10-13,15,17-18,20H,4-6,8-9,14H2,1-3H3;1-14H;/q2*-1;. The molecule has 0 spiro atoms. The van der Waals surface area contributed by atoms with E-state index in [4.69, 9.17) is 4.98 Å². The first-order valence-electron chi connectivity index (χ1n) is 17.0. The van der Waals surface area contributed by atoms with E-state index in [1.165, 1.54) is 54.2 Å². The minimum Gasteiger partial charge on any atom is -0.311 e. The summed E-state index contributed by atoms with van der Waals surface area (Å²) in [5, 5.41) is 3.72. The normalized spacial score (nSPS) is 13.4. The van der Waals surface area contributed by atoms with Crippen LogP contribution in [0.4, 0.5) is 0 Å². The second-order valence-electron chi connectivity index (χ2n) is 13.2. The Morgan fingerprint density at radius 1 is 0.771 bits per heavy atom. The summed E-state index contributed by atoms with van der Waals surface area (Å²) in [6.45, 7) is 6.71. The molecule has 1 aromatic heterocycles. The molecule has 0 aliphatic heterocycles. The molecule has 1 aliphatic carbocycles. The Morgan fingerprint density at radius 2 is 1.44 bits per heavy atom. The van der Waals surface area contributed by atoms with Gasteiger partial charge in [0.25, 0.3) is 0 Å². The fourth-order valence-corrected chi connectivity index (χ4v) is 9.41. The van der Waals surface area contributed by atoms with Crippen molar-refractivity contribution in [2.24, 2.45) is 5.92 Å². The van der Waals surface area contributed by atoms with Gasteiger partial charge in [-0.15, -0.1) is 34.9 Å². The van der Waals surface area contributed by atoms with Crippen LogP contribution in [0.15, 0.2) is 127 Å². The van der Waals surface area contributed by atoms with Crippen LogP contribution in [0.1, 0.15) is 68.6 Å². The van der Waals surface area contributed by atoms with Crippen LogP contribution in [0.3, 0.4) is 0 Å². The molecule has 1 radical (unpaired) electrons. The fraction of sp³-hybridized carbons (Fsp3) is 0.250. The Kier molecular flexibility index (Phi) is 12.4. The van der Waals surface area contributed by atoms with Gasteiger partial charge in [0, 0.05) is 36.1 Å². The summed E-state index contributed by atoms with van der Waals surface area (Å²) in [6.07, 6.45) is 7.88. The number of nitrogens with zero attached hydrogens (tertiary/aromatic N) is 1. The molecule has 0 unspecified atom stereocenters.